The quantitative estimate of drug-likeness (QED) is 0.795. The van der Waals surface area contributed by atoms with Crippen molar-refractivity contribution in [1.82, 2.24) is 5.32 Å². The minimum Gasteiger partial charge on any atom is -0.313 e. The zero-order valence-electron chi connectivity index (χ0n) is 10.6. The Kier molecular flexibility index (Phi) is 4.97. The summed E-state index contributed by atoms with van der Waals surface area (Å²) in [6.07, 6.45) is 1.17. The highest BCUT2D eigenvalue weighted by Gasteiger charge is 2.02. The average Bonchev–Trinajstić information content (AvgIpc) is 2.40. The first-order valence-electron chi connectivity index (χ1n) is 6.36. The van der Waals surface area contributed by atoms with Gasteiger partial charge < -0.3 is 5.32 Å². The Morgan fingerprint density at radius 1 is 1.06 bits per heavy atom. The van der Waals surface area contributed by atoms with Gasteiger partial charge in [-0.15, -0.1) is 0 Å². The minimum atomic E-state index is 0.937. The van der Waals surface area contributed by atoms with E-state index < -0.39 is 0 Å². The predicted molar refractivity (Wildman–Crippen MR) is 81.6 cm³/mol. The normalized spacial score (nSPS) is 10.6. The van der Waals surface area contributed by atoms with Crippen molar-refractivity contribution >= 4 is 15.9 Å². The van der Waals surface area contributed by atoms with Crippen LogP contribution < -0.4 is 5.32 Å². The Bertz CT molecular complexity index is 508. The van der Waals surface area contributed by atoms with Crippen LogP contribution >= 0.6 is 15.9 Å². The first-order chi connectivity index (χ1) is 8.81. The van der Waals surface area contributed by atoms with E-state index >= 15 is 0 Å². The van der Waals surface area contributed by atoms with Crippen LogP contribution in [0.2, 0.25) is 0 Å². The molecular formula is C16H18BrN. The third-order valence-electron chi connectivity index (χ3n) is 2.87. The Morgan fingerprint density at radius 3 is 2.67 bits per heavy atom. The van der Waals surface area contributed by atoms with Crippen molar-refractivity contribution in [3.63, 3.8) is 0 Å². The second-order valence-corrected chi connectivity index (χ2v) is 5.21. The highest BCUT2D eigenvalue weighted by Crippen LogP contribution is 2.28. The van der Waals surface area contributed by atoms with Gasteiger partial charge in [0.25, 0.3) is 0 Å². The van der Waals surface area contributed by atoms with E-state index in [-0.39, 0.29) is 0 Å². The molecule has 0 aliphatic heterocycles. The summed E-state index contributed by atoms with van der Waals surface area (Å²) in [5.41, 5.74) is 3.84. The van der Waals surface area contributed by atoms with Crippen molar-refractivity contribution < 1.29 is 0 Å². The number of nitrogens with one attached hydrogen (secondary N) is 1. The molecule has 1 N–H and O–H groups in total. The number of benzene rings is 2. The number of hydrogen-bond acceptors (Lipinski definition) is 1. The monoisotopic (exact) mass is 303 g/mol. The van der Waals surface area contributed by atoms with Crippen molar-refractivity contribution in [2.45, 2.75) is 19.9 Å². The van der Waals surface area contributed by atoms with Gasteiger partial charge in [-0.25, -0.2) is 0 Å². The van der Waals surface area contributed by atoms with Crippen molar-refractivity contribution in [3.05, 3.63) is 58.6 Å². The Hall–Kier alpha value is -1.12. The second kappa shape index (κ2) is 6.72. The molecule has 0 amide bonds. The van der Waals surface area contributed by atoms with Gasteiger partial charge in [-0.05, 0) is 41.8 Å². The predicted octanol–water partition coefficient (Wildman–Crippen LogP) is 4.62. The molecule has 0 aliphatic rings. The van der Waals surface area contributed by atoms with Crippen LogP contribution in [0.15, 0.2) is 53.0 Å². The molecule has 0 aliphatic carbocycles. The van der Waals surface area contributed by atoms with Gasteiger partial charge >= 0.3 is 0 Å². The van der Waals surface area contributed by atoms with E-state index in [1.807, 2.05) is 6.07 Å². The van der Waals surface area contributed by atoms with Crippen molar-refractivity contribution in [3.8, 4) is 11.1 Å². The third-order valence-corrected chi connectivity index (χ3v) is 3.56. The molecule has 2 heteroatoms. The van der Waals surface area contributed by atoms with Crippen LogP contribution in [0.3, 0.4) is 0 Å². The Balaban J connectivity index is 2.19. The molecule has 0 fully saturated rings. The topological polar surface area (TPSA) is 12.0 Å². The van der Waals surface area contributed by atoms with Crippen LogP contribution in [-0.2, 0) is 6.54 Å². The van der Waals surface area contributed by atoms with E-state index in [9.17, 15) is 0 Å². The third kappa shape index (κ3) is 3.44. The van der Waals surface area contributed by atoms with Crippen molar-refractivity contribution in [2.75, 3.05) is 6.54 Å². The fourth-order valence-electron chi connectivity index (χ4n) is 1.95. The largest absolute Gasteiger partial charge is 0.313 e. The van der Waals surface area contributed by atoms with E-state index in [1.54, 1.807) is 0 Å². The lowest BCUT2D eigenvalue weighted by molar-refractivity contribution is 0.675. The van der Waals surface area contributed by atoms with Crippen LogP contribution in [0.4, 0.5) is 0 Å². The zero-order valence-corrected chi connectivity index (χ0v) is 12.2. The molecular weight excluding hydrogens is 286 g/mol. The molecule has 0 atom stereocenters. The highest BCUT2D eigenvalue weighted by atomic mass is 79.9. The molecule has 2 aromatic carbocycles. The Labute approximate surface area is 117 Å². The maximum Gasteiger partial charge on any atom is 0.0253 e. The fraction of sp³-hybridized carbons (Fsp3) is 0.250. The van der Waals surface area contributed by atoms with Crippen LogP contribution in [0, 0.1) is 0 Å². The van der Waals surface area contributed by atoms with Gasteiger partial charge in [-0.2, -0.15) is 0 Å². The van der Waals surface area contributed by atoms with Gasteiger partial charge in [-0.3, -0.25) is 0 Å². The van der Waals surface area contributed by atoms with Crippen molar-refractivity contribution in [1.29, 1.82) is 0 Å². The molecule has 0 heterocycles. The van der Waals surface area contributed by atoms with Crippen LogP contribution in [0.5, 0.6) is 0 Å². The lowest BCUT2D eigenvalue weighted by atomic mass is 10.0. The first kappa shape index (κ1) is 13.3. The molecule has 0 aromatic heterocycles. The molecule has 0 saturated carbocycles. The SMILES string of the molecule is CCCNCc1cccc(-c2ccccc2Br)c1. The maximum absolute atomic E-state index is 3.61. The molecule has 0 saturated heterocycles. The summed E-state index contributed by atoms with van der Waals surface area (Å²) in [4.78, 5) is 0. The molecule has 0 radical (unpaired) electrons. The Morgan fingerprint density at radius 2 is 1.89 bits per heavy atom. The molecule has 0 unspecified atom stereocenters. The molecule has 2 rings (SSSR count). The van der Waals surface area contributed by atoms with Crippen LogP contribution in [-0.4, -0.2) is 6.54 Å². The standard InChI is InChI=1S/C16H18BrN/c1-2-10-18-12-13-6-5-7-14(11-13)15-8-3-4-9-16(15)17/h3-9,11,18H,2,10,12H2,1H3. The van der Waals surface area contributed by atoms with Crippen molar-refractivity contribution in [2.24, 2.45) is 0 Å². The average molecular weight is 304 g/mol. The molecule has 94 valence electrons. The summed E-state index contributed by atoms with van der Waals surface area (Å²) in [6.45, 7) is 4.19. The molecule has 0 spiro atoms. The second-order valence-electron chi connectivity index (χ2n) is 4.36. The van der Waals surface area contributed by atoms with E-state index in [0.717, 1.165) is 17.6 Å². The first-order valence-corrected chi connectivity index (χ1v) is 7.15. The van der Waals surface area contributed by atoms with Gasteiger partial charge in [-0.1, -0.05) is 59.3 Å². The number of hydrogen-bond donors (Lipinski definition) is 1. The lowest BCUT2D eigenvalue weighted by Gasteiger charge is -2.08. The number of halogens is 1. The zero-order chi connectivity index (χ0) is 12.8. The fourth-order valence-corrected chi connectivity index (χ4v) is 2.47. The van der Waals surface area contributed by atoms with E-state index in [0.29, 0.717) is 0 Å². The van der Waals surface area contributed by atoms with Crippen LogP contribution in [0.25, 0.3) is 11.1 Å². The summed E-state index contributed by atoms with van der Waals surface area (Å²) in [5.74, 6) is 0. The summed E-state index contributed by atoms with van der Waals surface area (Å²) >= 11 is 3.61. The summed E-state index contributed by atoms with van der Waals surface area (Å²) in [7, 11) is 0. The summed E-state index contributed by atoms with van der Waals surface area (Å²) in [6, 6.07) is 17.0. The minimum absolute atomic E-state index is 0.937. The molecule has 0 bridgehead atoms. The summed E-state index contributed by atoms with van der Waals surface area (Å²) in [5, 5.41) is 3.43. The molecule has 1 nitrogen and oxygen atoms in total. The van der Waals surface area contributed by atoms with E-state index in [2.05, 4.69) is 70.6 Å². The van der Waals surface area contributed by atoms with E-state index in [4.69, 9.17) is 0 Å². The van der Waals surface area contributed by atoms with Gasteiger partial charge in [0.05, 0.1) is 0 Å². The number of rotatable bonds is 5. The highest BCUT2D eigenvalue weighted by molar-refractivity contribution is 9.10. The van der Waals surface area contributed by atoms with E-state index in [1.165, 1.54) is 23.1 Å². The van der Waals surface area contributed by atoms with Gasteiger partial charge in [0, 0.05) is 11.0 Å². The molecule has 18 heavy (non-hydrogen) atoms. The lowest BCUT2D eigenvalue weighted by Crippen LogP contribution is -2.13. The van der Waals surface area contributed by atoms with Gasteiger partial charge in [0.1, 0.15) is 0 Å². The molecule has 2 aromatic rings. The summed E-state index contributed by atoms with van der Waals surface area (Å²) < 4.78 is 1.14. The smallest absolute Gasteiger partial charge is 0.0253 e. The van der Waals surface area contributed by atoms with Crippen LogP contribution in [0.1, 0.15) is 18.9 Å². The van der Waals surface area contributed by atoms with Gasteiger partial charge in [0.2, 0.25) is 0 Å². The van der Waals surface area contributed by atoms with Gasteiger partial charge in [0.15, 0.2) is 0 Å². The maximum atomic E-state index is 3.61.